The predicted octanol–water partition coefficient (Wildman–Crippen LogP) is 4.32. The number of alkyl halides is 3. The number of benzene rings is 2. The topological polar surface area (TPSA) is 41.6 Å². The second kappa shape index (κ2) is 8.00. The van der Waals surface area contributed by atoms with Crippen LogP contribution in [0.25, 0.3) is 0 Å². The SMILES string of the molecule is COc1ccc(CN(CC(=O)Nc2cccc(C(F)(F)F)c2)C2CC2)cc1. The number of hydrogen-bond donors (Lipinski definition) is 1. The van der Waals surface area contributed by atoms with E-state index in [4.69, 9.17) is 4.74 Å². The van der Waals surface area contributed by atoms with Gasteiger partial charge in [-0.25, -0.2) is 0 Å². The van der Waals surface area contributed by atoms with Crippen molar-refractivity contribution in [2.75, 3.05) is 19.0 Å². The summed E-state index contributed by atoms with van der Waals surface area (Å²) in [6.45, 7) is 0.734. The number of halogens is 3. The minimum absolute atomic E-state index is 0.132. The minimum Gasteiger partial charge on any atom is -0.497 e. The van der Waals surface area contributed by atoms with E-state index in [1.807, 2.05) is 29.2 Å². The molecule has 3 rings (SSSR count). The number of rotatable bonds is 7. The van der Waals surface area contributed by atoms with Gasteiger partial charge in [-0.05, 0) is 48.7 Å². The van der Waals surface area contributed by atoms with Gasteiger partial charge in [-0.3, -0.25) is 9.69 Å². The molecule has 2 aromatic rings. The van der Waals surface area contributed by atoms with Gasteiger partial charge in [-0.15, -0.1) is 0 Å². The van der Waals surface area contributed by atoms with Gasteiger partial charge in [0, 0.05) is 18.3 Å². The molecule has 0 heterocycles. The Bertz CT molecular complexity index is 787. The fourth-order valence-corrected chi connectivity index (χ4v) is 2.88. The molecule has 27 heavy (non-hydrogen) atoms. The predicted molar refractivity (Wildman–Crippen MR) is 96.5 cm³/mol. The van der Waals surface area contributed by atoms with Crippen LogP contribution in [0.5, 0.6) is 5.75 Å². The van der Waals surface area contributed by atoms with Crippen molar-refractivity contribution in [3.63, 3.8) is 0 Å². The first-order chi connectivity index (χ1) is 12.8. The lowest BCUT2D eigenvalue weighted by atomic mass is 10.2. The van der Waals surface area contributed by atoms with E-state index in [2.05, 4.69) is 5.32 Å². The van der Waals surface area contributed by atoms with Gasteiger partial charge in [0.25, 0.3) is 0 Å². The molecule has 0 spiro atoms. The zero-order chi connectivity index (χ0) is 19.4. The van der Waals surface area contributed by atoms with Gasteiger partial charge in [0.1, 0.15) is 5.75 Å². The van der Waals surface area contributed by atoms with Crippen LogP contribution in [0.15, 0.2) is 48.5 Å². The van der Waals surface area contributed by atoms with Gasteiger partial charge >= 0.3 is 6.18 Å². The molecule has 0 unspecified atom stereocenters. The molecule has 0 saturated heterocycles. The van der Waals surface area contributed by atoms with E-state index in [0.29, 0.717) is 12.6 Å². The van der Waals surface area contributed by atoms with Gasteiger partial charge in [0.15, 0.2) is 0 Å². The van der Waals surface area contributed by atoms with E-state index in [1.165, 1.54) is 12.1 Å². The summed E-state index contributed by atoms with van der Waals surface area (Å²) in [5.74, 6) is 0.439. The van der Waals surface area contributed by atoms with Gasteiger partial charge in [0.2, 0.25) is 5.91 Å². The number of ether oxygens (including phenoxy) is 1. The molecule has 1 N–H and O–H groups in total. The molecule has 1 saturated carbocycles. The van der Waals surface area contributed by atoms with Gasteiger partial charge in [-0.2, -0.15) is 13.2 Å². The van der Waals surface area contributed by atoms with Gasteiger partial charge < -0.3 is 10.1 Å². The Balaban J connectivity index is 1.62. The second-order valence-electron chi connectivity index (χ2n) is 6.61. The standard InChI is InChI=1S/C20H21F3N2O2/c1-27-18-9-5-14(6-10-18)12-25(17-7-8-17)13-19(26)24-16-4-2-3-15(11-16)20(21,22)23/h2-6,9-11,17H,7-8,12-13H2,1H3,(H,24,26). The van der Waals surface area contributed by atoms with E-state index < -0.39 is 11.7 Å². The van der Waals surface area contributed by atoms with Gasteiger partial charge in [-0.1, -0.05) is 18.2 Å². The van der Waals surface area contributed by atoms with Crippen molar-refractivity contribution < 1.29 is 22.7 Å². The van der Waals surface area contributed by atoms with Crippen LogP contribution >= 0.6 is 0 Å². The largest absolute Gasteiger partial charge is 0.497 e. The average Bonchev–Trinajstić information content (AvgIpc) is 3.46. The fourth-order valence-electron chi connectivity index (χ4n) is 2.88. The number of methoxy groups -OCH3 is 1. The Kier molecular flexibility index (Phi) is 5.70. The molecule has 1 fully saturated rings. The number of nitrogens with zero attached hydrogens (tertiary/aromatic N) is 1. The summed E-state index contributed by atoms with van der Waals surface area (Å²) in [5.41, 5.74) is 0.419. The molecular formula is C20H21F3N2O2. The van der Waals surface area contributed by atoms with Crippen molar-refractivity contribution in [2.24, 2.45) is 0 Å². The van der Waals surface area contributed by atoms with Crippen LogP contribution < -0.4 is 10.1 Å². The summed E-state index contributed by atoms with van der Waals surface area (Å²) in [4.78, 5) is 14.4. The van der Waals surface area contributed by atoms with Crippen LogP contribution in [0.4, 0.5) is 18.9 Å². The molecule has 0 aliphatic heterocycles. The fraction of sp³-hybridized carbons (Fsp3) is 0.350. The zero-order valence-electron chi connectivity index (χ0n) is 14.9. The highest BCUT2D eigenvalue weighted by molar-refractivity contribution is 5.92. The molecule has 1 aliphatic rings. The highest BCUT2D eigenvalue weighted by atomic mass is 19.4. The summed E-state index contributed by atoms with van der Waals surface area (Å²) in [6.07, 6.45) is -2.39. The van der Waals surface area contributed by atoms with E-state index >= 15 is 0 Å². The number of amides is 1. The third kappa shape index (κ3) is 5.47. The Morgan fingerprint density at radius 3 is 2.48 bits per heavy atom. The highest BCUT2D eigenvalue weighted by Gasteiger charge is 2.32. The second-order valence-corrected chi connectivity index (χ2v) is 6.61. The average molecular weight is 378 g/mol. The summed E-state index contributed by atoms with van der Waals surface area (Å²) in [6, 6.07) is 12.6. The lowest BCUT2D eigenvalue weighted by Crippen LogP contribution is -2.34. The van der Waals surface area contributed by atoms with Crippen molar-refractivity contribution in [2.45, 2.75) is 31.6 Å². The van der Waals surface area contributed by atoms with Crippen LogP contribution in [0.1, 0.15) is 24.0 Å². The Morgan fingerprint density at radius 1 is 1.19 bits per heavy atom. The van der Waals surface area contributed by atoms with Crippen LogP contribution in [-0.4, -0.2) is 30.5 Å². The Hall–Kier alpha value is -2.54. The molecule has 2 aromatic carbocycles. The Labute approximate surface area is 155 Å². The normalized spacial score (nSPS) is 14.3. The zero-order valence-corrected chi connectivity index (χ0v) is 14.9. The number of carbonyl (C=O) groups is 1. The Morgan fingerprint density at radius 2 is 1.89 bits per heavy atom. The quantitative estimate of drug-likeness (QED) is 0.780. The van der Waals surface area contributed by atoms with Gasteiger partial charge in [0.05, 0.1) is 19.2 Å². The van der Waals surface area contributed by atoms with Crippen molar-refractivity contribution >= 4 is 11.6 Å². The summed E-state index contributed by atoms with van der Waals surface area (Å²) in [7, 11) is 1.60. The van der Waals surface area contributed by atoms with Crippen molar-refractivity contribution in [1.29, 1.82) is 0 Å². The molecule has 1 aliphatic carbocycles. The van der Waals surface area contributed by atoms with E-state index in [0.717, 1.165) is 36.3 Å². The van der Waals surface area contributed by atoms with Crippen LogP contribution in [0.3, 0.4) is 0 Å². The third-order valence-electron chi connectivity index (χ3n) is 4.43. The van der Waals surface area contributed by atoms with E-state index in [9.17, 15) is 18.0 Å². The van der Waals surface area contributed by atoms with E-state index in [-0.39, 0.29) is 18.1 Å². The molecule has 4 nitrogen and oxygen atoms in total. The number of carbonyl (C=O) groups excluding carboxylic acids is 1. The molecule has 1 amide bonds. The van der Waals surface area contributed by atoms with E-state index in [1.54, 1.807) is 7.11 Å². The first kappa shape index (κ1) is 19.2. The summed E-state index contributed by atoms with van der Waals surface area (Å²) < 4.78 is 43.5. The molecule has 0 radical (unpaired) electrons. The highest BCUT2D eigenvalue weighted by Crippen LogP contribution is 2.31. The monoisotopic (exact) mass is 378 g/mol. The van der Waals surface area contributed by atoms with Crippen LogP contribution in [0, 0.1) is 0 Å². The van der Waals surface area contributed by atoms with Crippen LogP contribution in [-0.2, 0) is 17.5 Å². The maximum Gasteiger partial charge on any atom is 0.416 e. The molecular weight excluding hydrogens is 357 g/mol. The third-order valence-corrected chi connectivity index (χ3v) is 4.43. The molecule has 0 aromatic heterocycles. The number of hydrogen-bond acceptors (Lipinski definition) is 3. The molecule has 144 valence electrons. The lowest BCUT2D eigenvalue weighted by Gasteiger charge is -2.21. The number of anilines is 1. The minimum atomic E-state index is -4.44. The smallest absolute Gasteiger partial charge is 0.416 e. The maximum atomic E-state index is 12.8. The first-order valence-corrected chi connectivity index (χ1v) is 8.69. The lowest BCUT2D eigenvalue weighted by molar-refractivity contribution is -0.137. The van der Waals surface area contributed by atoms with Crippen molar-refractivity contribution in [3.8, 4) is 5.75 Å². The first-order valence-electron chi connectivity index (χ1n) is 8.69. The number of nitrogens with one attached hydrogen (secondary N) is 1. The van der Waals surface area contributed by atoms with Crippen molar-refractivity contribution in [3.05, 3.63) is 59.7 Å². The van der Waals surface area contributed by atoms with Crippen molar-refractivity contribution in [1.82, 2.24) is 4.90 Å². The summed E-state index contributed by atoms with van der Waals surface area (Å²) >= 11 is 0. The molecule has 0 bridgehead atoms. The summed E-state index contributed by atoms with van der Waals surface area (Å²) in [5, 5.41) is 2.57. The molecule has 0 atom stereocenters. The van der Waals surface area contributed by atoms with Crippen LogP contribution in [0.2, 0.25) is 0 Å². The molecule has 7 heteroatoms. The maximum absolute atomic E-state index is 12.8.